The molecular formula is C19H25F3N6OS. The van der Waals surface area contributed by atoms with Crippen molar-refractivity contribution in [3.63, 3.8) is 0 Å². The molecule has 0 unspecified atom stereocenters. The number of carbonyl (C=O) groups excluding carboxylic acids is 1. The van der Waals surface area contributed by atoms with Crippen molar-refractivity contribution in [3.8, 4) is 0 Å². The number of aryl methyl sites for hydroxylation is 1. The number of rotatable bonds is 3. The van der Waals surface area contributed by atoms with Gasteiger partial charge in [0.1, 0.15) is 10.7 Å². The van der Waals surface area contributed by atoms with Crippen molar-refractivity contribution in [1.82, 2.24) is 24.3 Å². The summed E-state index contributed by atoms with van der Waals surface area (Å²) in [6.07, 6.45) is -2.85. The van der Waals surface area contributed by atoms with Gasteiger partial charge in [-0.15, -0.1) is 5.10 Å². The topological polar surface area (TPSA) is 75.9 Å². The molecule has 1 N–H and O–H groups in total. The Labute approximate surface area is 176 Å². The number of piperidine rings is 1. The number of fused-ring (bicyclic) bond motifs is 1. The molecule has 2 aliphatic heterocycles. The van der Waals surface area contributed by atoms with E-state index in [1.165, 1.54) is 0 Å². The molecule has 7 nitrogen and oxygen atoms in total. The molecule has 2 aromatic heterocycles. The van der Waals surface area contributed by atoms with Crippen LogP contribution in [0.15, 0.2) is 6.07 Å². The highest BCUT2D eigenvalue weighted by Crippen LogP contribution is 2.42. The number of anilines is 1. The average molecular weight is 443 g/mol. The number of halogens is 3. The second kappa shape index (κ2) is 7.82. The SMILES string of the molecule is Cc1nnsc1C(=O)N1CCC[C@H](c2cc3n(n2)[C@H](C(F)(F)F)C[C@@H](C(C)C)N3)C1. The summed E-state index contributed by atoms with van der Waals surface area (Å²) < 4.78 is 46.1. The van der Waals surface area contributed by atoms with Crippen molar-refractivity contribution in [3.05, 3.63) is 22.3 Å². The summed E-state index contributed by atoms with van der Waals surface area (Å²) in [6.45, 7) is 6.61. The lowest BCUT2D eigenvalue weighted by atomic mass is 9.93. The van der Waals surface area contributed by atoms with Gasteiger partial charge in [-0.05, 0) is 43.6 Å². The molecule has 4 heterocycles. The molecule has 2 aromatic rings. The predicted octanol–water partition coefficient (Wildman–Crippen LogP) is 4.01. The monoisotopic (exact) mass is 442 g/mol. The molecule has 3 atom stereocenters. The Morgan fingerprint density at radius 2 is 2.13 bits per heavy atom. The number of likely N-dealkylation sites (tertiary alicyclic amines) is 1. The first-order valence-electron chi connectivity index (χ1n) is 10.2. The lowest BCUT2D eigenvalue weighted by Gasteiger charge is -2.35. The van der Waals surface area contributed by atoms with E-state index < -0.39 is 12.2 Å². The molecule has 164 valence electrons. The first-order valence-corrected chi connectivity index (χ1v) is 10.9. The second-order valence-corrected chi connectivity index (χ2v) is 9.22. The van der Waals surface area contributed by atoms with E-state index in [9.17, 15) is 18.0 Å². The minimum atomic E-state index is -4.36. The molecule has 0 saturated carbocycles. The predicted molar refractivity (Wildman–Crippen MR) is 107 cm³/mol. The first-order chi connectivity index (χ1) is 14.1. The second-order valence-electron chi connectivity index (χ2n) is 8.46. The third kappa shape index (κ3) is 3.91. The first kappa shape index (κ1) is 21.1. The van der Waals surface area contributed by atoms with Crippen molar-refractivity contribution in [2.24, 2.45) is 5.92 Å². The Morgan fingerprint density at radius 3 is 2.77 bits per heavy atom. The van der Waals surface area contributed by atoms with Gasteiger partial charge < -0.3 is 10.2 Å². The molecule has 2 aliphatic rings. The molecule has 1 amide bonds. The van der Waals surface area contributed by atoms with Crippen LogP contribution in [0.25, 0.3) is 0 Å². The highest BCUT2D eigenvalue weighted by atomic mass is 32.1. The fraction of sp³-hybridized carbons (Fsp3) is 0.684. The van der Waals surface area contributed by atoms with Crippen molar-refractivity contribution >= 4 is 23.3 Å². The van der Waals surface area contributed by atoms with Gasteiger partial charge in [-0.2, -0.15) is 18.3 Å². The Balaban J connectivity index is 1.58. The highest BCUT2D eigenvalue weighted by molar-refractivity contribution is 7.07. The molecule has 1 saturated heterocycles. The van der Waals surface area contributed by atoms with Crippen molar-refractivity contribution in [2.45, 2.75) is 64.2 Å². The number of amides is 1. The van der Waals surface area contributed by atoms with E-state index in [0.717, 1.165) is 29.1 Å². The van der Waals surface area contributed by atoms with Gasteiger partial charge in [0.15, 0.2) is 6.04 Å². The molecule has 11 heteroatoms. The van der Waals surface area contributed by atoms with Gasteiger partial charge in [-0.25, -0.2) is 4.68 Å². The summed E-state index contributed by atoms with van der Waals surface area (Å²) in [5.41, 5.74) is 1.20. The molecule has 0 aliphatic carbocycles. The zero-order chi connectivity index (χ0) is 21.6. The van der Waals surface area contributed by atoms with Crippen LogP contribution in [-0.4, -0.2) is 55.5 Å². The lowest BCUT2D eigenvalue weighted by molar-refractivity contribution is -0.174. The number of carbonyl (C=O) groups is 1. The molecule has 0 spiro atoms. The van der Waals surface area contributed by atoms with E-state index in [1.807, 2.05) is 13.8 Å². The van der Waals surface area contributed by atoms with Gasteiger partial charge in [0.25, 0.3) is 5.91 Å². The zero-order valence-corrected chi connectivity index (χ0v) is 17.9. The van der Waals surface area contributed by atoms with Gasteiger partial charge in [-0.1, -0.05) is 18.3 Å². The Morgan fingerprint density at radius 1 is 1.37 bits per heavy atom. The number of nitrogens with one attached hydrogen (secondary N) is 1. The largest absolute Gasteiger partial charge is 0.410 e. The summed E-state index contributed by atoms with van der Waals surface area (Å²) in [6, 6.07) is -0.173. The highest BCUT2D eigenvalue weighted by Gasteiger charge is 2.47. The van der Waals surface area contributed by atoms with Gasteiger partial charge >= 0.3 is 6.18 Å². The summed E-state index contributed by atoms with van der Waals surface area (Å²) in [5, 5.41) is 11.5. The van der Waals surface area contributed by atoms with Crippen LogP contribution in [0.1, 0.15) is 66.1 Å². The van der Waals surface area contributed by atoms with Crippen molar-refractivity contribution in [2.75, 3.05) is 18.4 Å². The quantitative estimate of drug-likeness (QED) is 0.778. The van der Waals surface area contributed by atoms with E-state index in [4.69, 9.17) is 0 Å². The summed E-state index contributed by atoms with van der Waals surface area (Å²) in [4.78, 5) is 15.1. The van der Waals surface area contributed by atoms with Crippen molar-refractivity contribution in [1.29, 1.82) is 0 Å². The fourth-order valence-electron chi connectivity index (χ4n) is 4.23. The van der Waals surface area contributed by atoms with E-state index in [1.54, 1.807) is 17.9 Å². The van der Waals surface area contributed by atoms with E-state index in [0.29, 0.717) is 35.2 Å². The number of hydrogen-bond donors (Lipinski definition) is 1. The van der Waals surface area contributed by atoms with Crippen LogP contribution in [-0.2, 0) is 0 Å². The fourth-order valence-corrected chi connectivity index (χ4v) is 4.86. The van der Waals surface area contributed by atoms with E-state index in [-0.39, 0.29) is 30.2 Å². The van der Waals surface area contributed by atoms with Crippen LogP contribution < -0.4 is 5.32 Å². The van der Waals surface area contributed by atoms with Crippen LogP contribution in [0.5, 0.6) is 0 Å². The molecule has 1 fully saturated rings. The summed E-state index contributed by atoms with van der Waals surface area (Å²) in [5.74, 6) is 0.252. The Hall–Kier alpha value is -2.17. The molecule has 0 aromatic carbocycles. The smallest absolute Gasteiger partial charge is 0.367 e. The average Bonchev–Trinajstić information content (AvgIpc) is 3.31. The molecule has 30 heavy (non-hydrogen) atoms. The Bertz CT molecular complexity index is 924. The molecular weight excluding hydrogens is 417 g/mol. The number of alkyl halides is 3. The number of nitrogens with zero attached hydrogens (tertiary/aromatic N) is 5. The van der Waals surface area contributed by atoms with Gasteiger partial charge in [0.05, 0.1) is 11.4 Å². The van der Waals surface area contributed by atoms with Crippen LogP contribution in [0.4, 0.5) is 19.0 Å². The maximum atomic E-state index is 13.7. The maximum Gasteiger partial charge on any atom is 0.410 e. The molecule has 4 rings (SSSR count). The van der Waals surface area contributed by atoms with Crippen LogP contribution in [0.2, 0.25) is 0 Å². The zero-order valence-electron chi connectivity index (χ0n) is 17.1. The lowest BCUT2D eigenvalue weighted by Crippen LogP contribution is -2.41. The van der Waals surface area contributed by atoms with Gasteiger partial charge in [0, 0.05) is 31.1 Å². The van der Waals surface area contributed by atoms with Gasteiger partial charge in [0.2, 0.25) is 0 Å². The maximum absolute atomic E-state index is 13.7. The molecule has 0 bridgehead atoms. The number of hydrogen-bond acceptors (Lipinski definition) is 6. The minimum Gasteiger partial charge on any atom is -0.367 e. The Kier molecular flexibility index (Phi) is 5.50. The van der Waals surface area contributed by atoms with Crippen LogP contribution >= 0.6 is 11.5 Å². The van der Waals surface area contributed by atoms with E-state index >= 15 is 0 Å². The van der Waals surface area contributed by atoms with E-state index in [2.05, 4.69) is 20.0 Å². The minimum absolute atomic E-state index is 0.0395. The summed E-state index contributed by atoms with van der Waals surface area (Å²) in [7, 11) is 0. The van der Waals surface area contributed by atoms with Crippen molar-refractivity contribution < 1.29 is 18.0 Å². The normalized spacial score (nSPS) is 24.6. The van der Waals surface area contributed by atoms with Crippen LogP contribution in [0.3, 0.4) is 0 Å². The third-order valence-corrected chi connectivity index (χ3v) is 6.83. The molecule has 0 radical (unpaired) electrons. The third-order valence-electron chi connectivity index (χ3n) is 6.02. The summed E-state index contributed by atoms with van der Waals surface area (Å²) >= 11 is 1.07. The van der Waals surface area contributed by atoms with Gasteiger partial charge in [-0.3, -0.25) is 4.79 Å². The van der Waals surface area contributed by atoms with Crippen LogP contribution in [0, 0.1) is 12.8 Å². The standard InChI is InChI=1S/C19H25F3N6OS/c1-10(2)13-7-15(19(20,21)22)28-16(23-13)8-14(25-28)12-5-4-6-27(9-12)18(29)17-11(3)24-26-30-17/h8,10,12-13,15,23H,4-7,9H2,1-3H3/t12-,13-,15-/m0/s1. The number of aromatic nitrogens is 4.